The van der Waals surface area contributed by atoms with E-state index < -0.39 is 0 Å². The third-order valence-electron chi connectivity index (χ3n) is 4.66. The minimum Gasteiger partial charge on any atom is -0.507 e. The molecule has 0 amide bonds. The third kappa shape index (κ3) is 2.08. The third-order valence-corrected chi connectivity index (χ3v) is 4.94. The Kier molecular flexibility index (Phi) is 3.53. The molecule has 0 aliphatic carbocycles. The van der Waals surface area contributed by atoms with Crippen LogP contribution in [0.4, 0.5) is 5.69 Å². The molecule has 2 aromatic carbocycles. The molecular formula is C18H22ClNO. The Morgan fingerprint density at radius 3 is 2.33 bits per heavy atom. The van der Waals surface area contributed by atoms with Crippen LogP contribution in [0.5, 0.6) is 5.75 Å². The fourth-order valence-corrected chi connectivity index (χ4v) is 4.26. The number of phenolic OH excluding ortho intramolecular Hbond substituents is 1. The van der Waals surface area contributed by atoms with Crippen LogP contribution in [-0.4, -0.2) is 22.6 Å². The summed E-state index contributed by atoms with van der Waals surface area (Å²) in [5, 5.41) is 12.5. The molecule has 1 aliphatic heterocycles. The molecule has 0 radical (unpaired) electrons. The molecular weight excluding hydrogens is 282 g/mol. The van der Waals surface area contributed by atoms with Gasteiger partial charge in [-0.2, -0.15) is 0 Å². The van der Waals surface area contributed by atoms with Crippen LogP contribution in [0.2, 0.25) is 0 Å². The Labute approximate surface area is 131 Å². The molecule has 0 fully saturated rings. The molecule has 3 atom stereocenters. The van der Waals surface area contributed by atoms with Gasteiger partial charge in [0.25, 0.3) is 0 Å². The van der Waals surface area contributed by atoms with Gasteiger partial charge in [0, 0.05) is 40.5 Å². The summed E-state index contributed by atoms with van der Waals surface area (Å²) in [6.45, 7) is 8.68. The maximum Gasteiger partial charge on any atom is 0.125 e. The van der Waals surface area contributed by atoms with Crippen LogP contribution in [0.3, 0.4) is 0 Å². The van der Waals surface area contributed by atoms with Crippen LogP contribution in [0.15, 0.2) is 30.3 Å². The average molecular weight is 304 g/mol. The maximum absolute atomic E-state index is 10.4. The summed E-state index contributed by atoms with van der Waals surface area (Å²) in [6, 6.07) is 10.7. The van der Waals surface area contributed by atoms with Crippen LogP contribution in [0.1, 0.15) is 39.2 Å². The van der Waals surface area contributed by atoms with Crippen molar-refractivity contribution in [3.8, 4) is 5.75 Å². The van der Waals surface area contributed by atoms with E-state index in [1.54, 1.807) is 0 Å². The number of fused-ring (bicyclic) bond motifs is 3. The van der Waals surface area contributed by atoms with Gasteiger partial charge in [0.15, 0.2) is 0 Å². The molecule has 2 unspecified atom stereocenters. The highest BCUT2D eigenvalue weighted by Gasteiger charge is 2.40. The Balaban J connectivity index is 2.36. The van der Waals surface area contributed by atoms with Crippen LogP contribution < -0.4 is 4.90 Å². The fraction of sp³-hybridized carbons (Fsp3) is 0.444. The average Bonchev–Trinajstić information content (AvgIpc) is 2.71. The second-order valence-corrected chi connectivity index (χ2v) is 7.01. The van der Waals surface area contributed by atoms with E-state index >= 15 is 0 Å². The molecule has 3 heteroatoms. The molecule has 3 rings (SSSR count). The Bertz CT molecular complexity index is 680. The van der Waals surface area contributed by atoms with E-state index in [0.717, 1.165) is 16.5 Å². The Hall–Kier alpha value is -1.41. The highest BCUT2D eigenvalue weighted by molar-refractivity contribution is 6.21. The molecule has 1 N–H and O–H groups in total. The van der Waals surface area contributed by atoms with E-state index in [4.69, 9.17) is 11.6 Å². The van der Waals surface area contributed by atoms with Crippen molar-refractivity contribution in [3.63, 3.8) is 0 Å². The summed E-state index contributed by atoms with van der Waals surface area (Å²) in [6.07, 6.45) is 0. The van der Waals surface area contributed by atoms with Gasteiger partial charge < -0.3 is 10.0 Å². The lowest BCUT2D eigenvalue weighted by atomic mass is 9.89. The van der Waals surface area contributed by atoms with Crippen molar-refractivity contribution in [2.75, 3.05) is 4.90 Å². The highest BCUT2D eigenvalue weighted by atomic mass is 35.5. The zero-order valence-electron chi connectivity index (χ0n) is 13.0. The van der Waals surface area contributed by atoms with E-state index in [-0.39, 0.29) is 11.3 Å². The van der Waals surface area contributed by atoms with E-state index in [0.29, 0.717) is 17.8 Å². The predicted octanol–water partition coefficient (Wildman–Crippen LogP) is 4.87. The highest BCUT2D eigenvalue weighted by Crippen LogP contribution is 2.50. The van der Waals surface area contributed by atoms with Crippen molar-refractivity contribution < 1.29 is 5.11 Å². The molecule has 112 valence electrons. The zero-order chi connectivity index (χ0) is 15.3. The number of halogens is 1. The first-order valence-electron chi connectivity index (χ1n) is 7.60. The van der Waals surface area contributed by atoms with Crippen molar-refractivity contribution in [2.24, 2.45) is 0 Å². The van der Waals surface area contributed by atoms with Gasteiger partial charge in [0.05, 0.1) is 0 Å². The van der Waals surface area contributed by atoms with Gasteiger partial charge in [0.1, 0.15) is 5.75 Å². The predicted molar refractivity (Wildman–Crippen MR) is 90.7 cm³/mol. The second kappa shape index (κ2) is 5.10. The number of benzene rings is 2. The lowest BCUT2D eigenvalue weighted by molar-refractivity contribution is 0.481. The maximum atomic E-state index is 10.4. The number of aromatic hydroxyl groups is 1. The van der Waals surface area contributed by atoms with Gasteiger partial charge >= 0.3 is 0 Å². The molecule has 1 heterocycles. The summed E-state index contributed by atoms with van der Waals surface area (Å²) >= 11 is 6.53. The fourth-order valence-electron chi connectivity index (χ4n) is 3.92. The molecule has 21 heavy (non-hydrogen) atoms. The van der Waals surface area contributed by atoms with Crippen molar-refractivity contribution in [1.82, 2.24) is 0 Å². The quantitative estimate of drug-likeness (QED) is 0.800. The number of alkyl halides is 1. The Morgan fingerprint density at radius 1 is 1.14 bits per heavy atom. The SMILES string of the molecule is CC(Cl)C1c2c(cc(O)c3ccccc23)N(C(C)C)[C@@H]1C. The molecule has 0 bridgehead atoms. The minimum atomic E-state index is 0.0513. The van der Waals surface area contributed by atoms with Gasteiger partial charge in [-0.1, -0.05) is 24.3 Å². The molecule has 1 aliphatic rings. The van der Waals surface area contributed by atoms with Crippen LogP contribution in [-0.2, 0) is 0 Å². The topological polar surface area (TPSA) is 23.5 Å². The molecule has 2 nitrogen and oxygen atoms in total. The summed E-state index contributed by atoms with van der Waals surface area (Å²) in [5.74, 6) is 0.625. The number of rotatable bonds is 2. The van der Waals surface area contributed by atoms with Crippen LogP contribution in [0.25, 0.3) is 10.8 Å². The molecule has 0 spiro atoms. The molecule has 0 saturated heterocycles. The van der Waals surface area contributed by atoms with Crippen molar-refractivity contribution >= 4 is 28.1 Å². The summed E-state index contributed by atoms with van der Waals surface area (Å²) in [4.78, 5) is 2.38. The molecule has 2 aromatic rings. The summed E-state index contributed by atoms with van der Waals surface area (Å²) in [5.41, 5.74) is 2.42. The first-order valence-corrected chi connectivity index (χ1v) is 8.04. The monoisotopic (exact) mass is 303 g/mol. The van der Waals surface area contributed by atoms with E-state index in [9.17, 15) is 5.11 Å². The van der Waals surface area contributed by atoms with Crippen LogP contribution >= 0.6 is 11.6 Å². The van der Waals surface area contributed by atoms with Crippen LogP contribution in [0, 0.1) is 0 Å². The number of anilines is 1. The first kappa shape index (κ1) is 14.5. The van der Waals surface area contributed by atoms with Crippen molar-refractivity contribution in [1.29, 1.82) is 0 Å². The van der Waals surface area contributed by atoms with Gasteiger partial charge in [-0.05, 0) is 38.6 Å². The first-order chi connectivity index (χ1) is 9.93. The van der Waals surface area contributed by atoms with Crippen molar-refractivity contribution in [3.05, 3.63) is 35.9 Å². The van der Waals surface area contributed by atoms with E-state index in [1.165, 1.54) is 5.56 Å². The number of phenols is 1. The largest absolute Gasteiger partial charge is 0.507 e. The van der Waals surface area contributed by atoms with E-state index in [2.05, 4.69) is 38.7 Å². The minimum absolute atomic E-state index is 0.0513. The molecule has 0 aromatic heterocycles. The lowest BCUT2D eigenvalue weighted by Gasteiger charge is -2.32. The summed E-state index contributed by atoms with van der Waals surface area (Å²) in [7, 11) is 0. The Morgan fingerprint density at radius 2 is 1.76 bits per heavy atom. The smallest absolute Gasteiger partial charge is 0.125 e. The second-order valence-electron chi connectivity index (χ2n) is 6.32. The molecule has 0 saturated carbocycles. The van der Waals surface area contributed by atoms with Crippen molar-refractivity contribution in [2.45, 2.75) is 51.1 Å². The van der Waals surface area contributed by atoms with Gasteiger partial charge in [-0.25, -0.2) is 0 Å². The number of hydrogen-bond acceptors (Lipinski definition) is 2. The normalized spacial score (nSPS) is 22.9. The number of nitrogens with zero attached hydrogens (tertiary/aromatic N) is 1. The number of hydrogen-bond donors (Lipinski definition) is 1. The summed E-state index contributed by atoms with van der Waals surface area (Å²) < 4.78 is 0. The van der Waals surface area contributed by atoms with E-state index in [1.807, 2.05) is 24.3 Å². The van der Waals surface area contributed by atoms with Gasteiger partial charge in [-0.15, -0.1) is 11.6 Å². The van der Waals surface area contributed by atoms with Gasteiger partial charge in [0.2, 0.25) is 0 Å². The lowest BCUT2D eigenvalue weighted by Crippen LogP contribution is -2.38. The van der Waals surface area contributed by atoms with Gasteiger partial charge in [-0.3, -0.25) is 0 Å². The standard InChI is InChI=1S/C18H22ClNO/c1-10(2)20-12(4)17(11(3)19)18-14-8-6-5-7-13(14)16(21)9-15(18)20/h5-12,17,21H,1-4H3/t11?,12-,17?/m1/s1. The zero-order valence-corrected chi connectivity index (χ0v) is 13.7.